The zero-order valence-corrected chi connectivity index (χ0v) is 12.7. The van der Waals surface area contributed by atoms with Gasteiger partial charge in [0.2, 0.25) is 0 Å². The summed E-state index contributed by atoms with van der Waals surface area (Å²) in [5.74, 6) is 0.922. The summed E-state index contributed by atoms with van der Waals surface area (Å²) >= 11 is 0. The van der Waals surface area contributed by atoms with E-state index < -0.39 is 0 Å². The van der Waals surface area contributed by atoms with Gasteiger partial charge in [-0.2, -0.15) is 0 Å². The number of benzene rings is 2. The lowest BCUT2D eigenvalue weighted by Crippen LogP contribution is -2.20. The first kappa shape index (κ1) is 14.6. The van der Waals surface area contributed by atoms with Gasteiger partial charge in [0.1, 0.15) is 12.4 Å². The van der Waals surface area contributed by atoms with E-state index in [4.69, 9.17) is 10.5 Å². The predicted octanol–water partition coefficient (Wildman–Crippen LogP) is 4.00. The van der Waals surface area contributed by atoms with Gasteiger partial charge in [-0.25, -0.2) is 0 Å². The fourth-order valence-corrected chi connectivity index (χ4v) is 2.29. The Morgan fingerprint density at radius 1 is 0.900 bits per heavy atom. The highest BCUT2D eigenvalue weighted by molar-refractivity contribution is 5.37. The molecule has 2 rings (SSSR count). The van der Waals surface area contributed by atoms with Crippen molar-refractivity contribution >= 4 is 0 Å². The second-order valence-corrected chi connectivity index (χ2v) is 5.55. The molecule has 2 N–H and O–H groups in total. The lowest BCUT2D eigenvalue weighted by Gasteiger charge is -2.17. The molecule has 0 saturated carbocycles. The molecule has 0 fully saturated rings. The van der Waals surface area contributed by atoms with Crippen LogP contribution >= 0.6 is 0 Å². The Morgan fingerprint density at radius 2 is 1.50 bits per heavy atom. The molecule has 0 saturated heterocycles. The van der Waals surface area contributed by atoms with E-state index in [0.29, 0.717) is 6.61 Å². The van der Waals surface area contributed by atoms with Crippen molar-refractivity contribution in [2.45, 2.75) is 33.7 Å². The molecule has 2 nitrogen and oxygen atoms in total. The van der Waals surface area contributed by atoms with Crippen LogP contribution in [0.3, 0.4) is 0 Å². The normalized spacial score (nSPS) is 12.2. The third-order valence-corrected chi connectivity index (χ3v) is 3.60. The minimum atomic E-state index is -0.102. The highest BCUT2D eigenvalue weighted by Gasteiger charge is 2.11. The van der Waals surface area contributed by atoms with E-state index in [0.717, 1.165) is 16.9 Å². The second kappa shape index (κ2) is 6.10. The maximum Gasteiger partial charge on any atom is 0.122 e. The van der Waals surface area contributed by atoms with Crippen LogP contribution in [0.5, 0.6) is 5.75 Å². The Kier molecular flexibility index (Phi) is 4.46. The van der Waals surface area contributed by atoms with Gasteiger partial charge in [-0.05, 0) is 56.0 Å². The molecule has 0 bridgehead atoms. The first-order chi connectivity index (χ1) is 9.47. The van der Waals surface area contributed by atoms with Gasteiger partial charge in [0, 0.05) is 0 Å². The van der Waals surface area contributed by atoms with Crippen molar-refractivity contribution in [3.8, 4) is 5.75 Å². The van der Waals surface area contributed by atoms with Gasteiger partial charge in [-0.1, -0.05) is 35.9 Å². The predicted molar refractivity (Wildman–Crippen MR) is 84.3 cm³/mol. The molecule has 0 aliphatic rings. The number of aryl methyl sites for hydroxylation is 4. The van der Waals surface area contributed by atoms with Crippen molar-refractivity contribution in [2.75, 3.05) is 6.61 Å². The molecule has 20 heavy (non-hydrogen) atoms. The van der Waals surface area contributed by atoms with Crippen LogP contribution in [0, 0.1) is 27.7 Å². The Morgan fingerprint density at radius 3 is 2.20 bits per heavy atom. The Hall–Kier alpha value is -1.80. The second-order valence-electron chi connectivity index (χ2n) is 5.55. The third kappa shape index (κ3) is 3.40. The third-order valence-electron chi connectivity index (χ3n) is 3.60. The van der Waals surface area contributed by atoms with Crippen LogP contribution in [0.15, 0.2) is 36.4 Å². The smallest absolute Gasteiger partial charge is 0.122 e. The summed E-state index contributed by atoms with van der Waals surface area (Å²) in [6.45, 7) is 8.79. The van der Waals surface area contributed by atoms with E-state index in [2.05, 4.69) is 64.1 Å². The molecule has 0 aliphatic heterocycles. The van der Waals surface area contributed by atoms with Crippen LogP contribution in [-0.2, 0) is 0 Å². The van der Waals surface area contributed by atoms with Crippen molar-refractivity contribution < 1.29 is 4.74 Å². The maximum absolute atomic E-state index is 6.28. The zero-order chi connectivity index (χ0) is 14.7. The highest BCUT2D eigenvalue weighted by Crippen LogP contribution is 2.22. The van der Waals surface area contributed by atoms with Crippen LogP contribution in [0.25, 0.3) is 0 Å². The molecule has 0 aliphatic carbocycles. The van der Waals surface area contributed by atoms with Gasteiger partial charge < -0.3 is 10.5 Å². The topological polar surface area (TPSA) is 35.2 Å². The van der Waals surface area contributed by atoms with Crippen molar-refractivity contribution in [3.05, 3.63) is 64.2 Å². The van der Waals surface area contributed by atoms with Gasteiger partial charge in [-0.15, -0.1) is 0 Å². The molecular formula is C18H23NO. The minimum absolute atomic E-state index is 0.102. The summed E-state index contributed by atoms with van der Waals surface area (Å²) in [6.07, 6.45) is 0. The van der Waals surface area contributed by atoms with E-state index in [1.165, 1.54) is 16.7 Å². The molecule has 106 valence electrons. The molecule has 0 radical (unpaired) electrons. The largest absolute Gasteiger partial charge is 0.491 e. The minimum Gasteiger partial charge on any atom is -0.491 e. The van der Waals surface area contributed by atoms with Crippen LogP contribution in [0.1, 0.15) is 33.9 Å². The average molecular weight is 269 g/mol. The summed E-state index contributed by atoms with van der Waals surface area (Å²) in [5, 5.41) is 0. The molecular weight excluding hydrogens is 246 g/mol. The van der Waals surface area contributed by atoms with Gasteiger partial charge in [0.05, 0.1) is 6.04 Å². The summed E-state index contributed by atoms with van der Waals surface area (Å²) < 4.78 is 5.90. The monoisotopic (exact) mass is 269 g/mol. The van der Waals surface area contributed by atoms with Crippen molar-refractivity contribution in [2.24, 2.45) is 5.73 Å². The molecule has 0 amide bonds. The van der Waals surface area contributed by atoms with Crippen LogP contribution in [0.2, 0.25) is 0 Å². The first-order valence-corrected chi connectivity index (χ1v) is 7.00. The molecule has 0 aromatic heterocycles. The van der Waals surface area contributed by atoms with Crippen LogP contribution in [-0.4, -0.2) is 6.61 Å². The van der Waals surface area contributed by atoms with Crippen LogP contribution < -0.4 is 10.5 Å². The zero-order valence-electron chi connectivity index (χ0n) is 12.7. The van der Waals surface area contributed by atoms with E-state index in [1.807, 2.05) is 0 Å². The highest BCUT2D eigenvalue weighted by atomic mass is 16.5. The molecule has 0 heterocycles. The standard InChI is InChI=1S/C18H23NO/c1-12-5-7-14(3)16(9-12)17(19)11-20-18-10-13(2)6-8-15(18)4/h5-10,17H,11,19H2,1-4H3. The van der Waals surface area contributed by atoms with E-state index >= 15 is 0 Å². The van der Waals surface area contributed by atoms with Crippen LogP contribution in [0.4, 0.5) is 0 Å². The number of hydrogen-bond donors (Lipinski definition) is 1. The summed E-state index contributed by atoms with van der Waals surface area (Å²) in [5.41, 5.74) is 12.2. The Bertz CT molecular complexity index is 604. The van der Waals surface area contributed by atoms with Crippen molar-refractivity contribution in [3.63, 3.8) is 0 Å². The fraction of sp³-hybridized carbons (Fsp3) is 0.333. The maximum atomic E-state index is 6.28. The first-order valence-electron chi connectivity index (χ1n) is 7.00. The quantitative estimate of drug-likeness (QED) is 0.910. The SMILES string of the molecule is Cc1ccc(C)c(OCC(N)c2cc(C)ccc2C)c1. The van der Waals surface area contributed by atoms with Gasteiger partial charge >= 0.3 is 0 Å². The molecule has 2 aromatic carbocycles. The molecule has 2 heteroatoms. The number of hydrogen-bond acceptors (Lipinski definition) is 2. The summed E-state index contributed by atoms with van der Waals surface area (Å²) in [4.78, 5) is 0. The lowest BCUT2D eigenvalue weighted by molar-refractivity contribution is 0.288. The van der Waals surface area contributed by atoms with E-state index in [-0.39, 0.29) is 6.04 Å². The van der Waals surface area contributed by atoms with Gasteiger partial charge in [-0.3, -0.25) is 0 Å². The van der Waals surface area contributed by atoms with Crippen molar-refractivity contribution in [1.82, 2.24) is 0 Å². The Labute approximate surface area is 121 Å². The Balaban J connectivity index is 2.10. The lowest BCUT2D eigenvalue weighted by atomic mass is 10.00. The number of rotatable bonds is 4. The fourth-order valence-electron chi connectivity index (χ4n) is 2.29. The molecule has 0 spiro atoms. The average Bonchev–Trinajstić information content (AvgIpc) is 2.42. The number of ether oxygens (including phenoxy) is 1. The molecule has 1 atom stereocenters. The van der Waals surface area contributed by atoms with Crippen molar-refractivity contribution in [1.29, 1.82) is 0 Å². The number of nitrogens with two attached hydrogens (primary N) is 1. The van der Waals surface area contributed by atoms with Gasteiger partial charge in [0.15, 0.2) is 0 Å². The van der Waals surface area contributed by atoms with E-state index in [1.54, 1.807) is 0 Å². The summed E-state index contributed by atoms with van der Waals surface area (Å²) in [6, 6.07) is 12.5. The van der Waals surface area contributed by atoms with E-state index in [9.17, 15) is 0 Å². The van der Waals surface area contributed by atoms with Gasteiger partial charge in [0.25, 0.3) is 0 Å². The summed E-state index contributed by atoms with van der Waals surface area (Å²) in [7, 11) is 0. The molecule has 1 unspecified atom stereocenters. The molecule has 2 aromatic rings.